The van der Waals surface area contributed by atoms with Gasteiger partial charge in [-0.05, 0) is 40.5 Å². The number of aldehydes is 1. The van der Waals surface area contributed by atoms with Crippen molar-refractivity contribution in [3.8, 4) is 5.75 Å². The van der Waals surface area contributed by atoms with E-state index >= 15 is 0 Å². The van der Waals surface area contributed by atoms with Gasteiger partial charge in [-0.15, -0.1) is 0 Å². The summed E-state index contributed by atoms with van der Waals surface area (Å²) < 4.78 is 5.85. The van der Waals surface area contributed by atoms with Crippen LogP contribution in [0.1, 0.15) is 12.5 Å². The Bertz CT molecular complexity index is 352. The van der Waals surface area contributed by atoms with Crippen LogP contribution in [0.4, 0.5) is 0 Å². The van der Waals surface area contributed by atoms with Crippen LogP contribution in [0.15, 0.2) is 29.8 Å². The molecule has 0 radical (unpaired) electrons. The van der Waals surface area contributed by atoms with Crippen molar-refractivity contribution in [1.82, 2.24) is 0 Å². The predicted octanol–water partition coefficient (Wildman–Crippen LogP) is 3.02. The molecule has 0 atom stereocenters. The maximum Gasteiger partial charge on any atom is 0.146 e. The van der Waals surface area contributed by atoms with Crippen LogP contribution < -0.4 is 4.74 Å². The second-order valence-electron chi connectivity index (χ2n) is 2.84. The Balaban J connectivity index is 3.03. The van der Waals surface area contributed by atoms with Gasteiger partial charge in [0.05, 0.1) is 7.11 Å². The second-order valence-corrected chi connectivity index (χ2v) is 3.64. The summed E-state index contributed by atoms with van der Waals surface area (Å²) in [5, 5.41) is 0. The van der Waals surface area contributed by atoms with E-state index in [-0.39, 0.29) is 0 Å². The largest absolute Gasteiger partial charge is 0.497 e. The Labute approximate surface area is 91.7 Å². The number of hydrogen-bond donors (Lipinski definition) is 0. The lowest BCUT2D eigenvalue weighted by molar-refractivity contribution is -0.104. The molecule has 0 aliphatic carbocycles. The van der Waals surface area contributed by atoms with E-state index in [0.717, 1.165) is 22.1 Å². The van der Waals surface area contributed by atoms with Gasteiger partial charge in [-0.3, -0.25) is 4.79 Å². The van der Waals surface area contributed by atoms with Gasteiger partial charge in [-0.1, -0.05) is 12.1 Å². The monoisotopic (exact) mass is 254 g/mol. The first-order chi connectivity index (χ1) is 6.69. The van der Waals surface area contributed by atoms with Crippen LogP contribution in [0.2, 0.25) is 0 Å². The van der Waals surface area contributed by atoms with Gasteiger partial charge in [0.2, 0.25) is 0 Å². The minimum absolute atomic E-state index is 0.676. The zero-order chi connectivity index (χ0) is 10.6. The normalized spacial score (nSPS) is 11.9. The highest BCUT2D eigenvalue weighted by Crippen LogP contribution is 2.25. The van der Waals surface area contributed by atoms with E-state index < -0.39 is 0 Å². The number of carbonyl (C=O) groups excluding carboxylic acids is 1. The zero-order valence-corrected chi connectivity index (χ0v) is 9.67. The standard InChI is InChI=1S/C11H11BrO2/c1-8(7-13)11(12)9-3-5-10(14-2)6-4-9/h3-7H,1-2H3/b11-8+. The fourth-order valence-electron chi connectivity index (χ4n) is 1.02. The van der Waals surface area contributed by atoms with Gasteiger partial charge in [-0.25, -0.2) is 0 Å². The maximum absolute atomic E-state index is 10.5. The van der Waals surface area contributed by atoms with E-state index in [2.05, 4.69) is 15.9 Å². The van der Waals surface area contributed by atoms with Crippen molar-refractivity contribution < 1.29 is 9.53 Å². The molecule has 0 fully saturated rings. The highest BCUT2D eigenvalue weighted by molar-refractivity contribution is 9.15. The van der Waals surface area contributed by atoms with Crippen LogP contribution in [0.3, 0.4) is 0 Å². The van der Waals surface area contributed by atoms with Crippen molar-refractivity contribution in [3.63, 3.8) is 0 Å². The SMILES string of the molecule is COc1ccc(/C(Br)=C(/C)C=O)cc1. The van der Waals surface area contributed by atoms with Crippen LogP contribution in [0.5, 0.6) is 5.75 Å². The molecule has 74 valence electrons. The molecule has 3 heteroatoms. The first-order valence-corrected chi connectivity index (χ1v) is 4.94. The van der Waals surface area contributed by atoms with E-state index in [9.17, 15) is 4.79 Å². The number of methoxy groups -OCH3 is 1. The van der Waals surface area contributed by atoms with Crippen molar-refractivity contribution in [1.29, 1.82) is 0 Å². The third-order valence-corrected chi connectivity index (χ3v) is 2.95. The van der Waals surface area contributed by atoms with E-state index in [4.69, 9.17) is 4.74 Å². The zero-order valence-electron chi connectivity index (χ0n) is 8.08. The van der Waals surface area contributed by atoms with Crippen molar-refractivity contribution in [2.75, 3.05) is 7.11 Å². The van der Waals surface area contributed by atoms with Crippen LogP contribution in [0.25, 0.3) is 4.48 Å². The Morgan fingerprint density at radius 1 is 1.36 bits per heavy atom. The molecule has 0 aliphatic heterocycles. The van der Waals surface area contributed by atoms with Crippen molar-refractivity contribution in [3.05, 3.63) is 35.4 Å². The smallest absolute Gasteiger partial charge is 0.146 e. The molecule has 0 saturated carbocycles. The fraction of sp³-hybridized carbons (Fsp3) is 0.182. The van der Waals surface area contributed by atoms with Gasteiger partial charge in [0.1, 0.15) is 12.0 Å². The van der Waals surface area contributed by atoms with Gasteiger partial charge in [0.15, 0.2) is 0 Å². The molecule has 1 rings (SSSR count). The number of allylic oxidation sites excluding steroid dienone is 1. The molecule has 0 saturated heterocycles. The molecule has 0 heterocycles. The molecule has 0 unspecified atom stereocenters. The molecule has 14 heavy (non-hydrogen) atoms. The summed E-state index contributed by atoms with van der Waals surface area (Å²) >= 11 is 3.37. The molecule has 0 bridgehead atoms. The van der Waals surface area contributed by atoms with E-state index in [1.165, 1.54) is 0 Å². The first kappa shape index (κ1) is 11.0. The van der Waals surface area contributed by atoms with Crippen molar-refractivity contribution >= 4 is 26.7 Å². The third-order valence-electron chi connectivity index (χ3n) is 1.87. The summed E-state index contributed by atoms with van der Waals surface area (Å²) in [6.45, 7) is 1.77. The van der Waals surface area contributed by atoms with E-state index in [1.54, 1.807) is 14.0 Å². The molecular formula is C11H11BrO2. The molecule has 0 N–H and O–H groups in total. The van der Waals surface area contributed by atoms with Gasteiger partial charge in [-0.2, -0.15) is 0 Å². The lowest BCUT2D eigenvalue weighted by Gasteiger charge is -2.03. The molecule has 1 aromatic carbocycles. The van der Waals surface area contributed by atoms with Crippen LogP contribution in [0, 0.1) is 0 Å². The number of halogens is 1. The minimum Gasteiger partial charge on any atom is -0.497 e. The molecule has 0 aromatic heterocycles. The highest BCUT2D eigenvalue weighted by atomic mass is 79.9. The van der Waals surface area contributed by atoms with Gasteiger partial charge in [0.25, 0.3) is 0 Å². The van der Waals surface area contributed by atoms with E-state index in [0.29, 0.717) is 5.57 Å². The van der Waals surface area contributed by atoms with Crippen LogP contribution in [-0.4, -0.2) is 13.4 Å². The first-order valence-electron chi connectivity index (χ1n) is 4.15. The lowest BCUT2D eigenvalue weighted by Crippen LogP contribution is -1.85. The molecule has 0 spiro atoms. The molecule has 0 aliphatic rings. The lowest BCUT2D eigenvalue weighted by atomic mass is 10.1. The average Bonchev–Trinajstić information content (AvgIpc) is 2.27. The van der Waals surface area contributed by atoms with Gasteiger partial charge in [0, 0.05) is 10.1 Å². The summed E-state index contributed by atoms with van der Waals surface area (Å²) in [4.78, 5) is 10.5. The Morgan fingerprint density at radius 3 is 2.36 bits per heavy atom. The molecule has 0 amide bonds. The maximum atomic E-state index is 10.5. The summed E-state index contributed by atoms with van der Waals surface area (Å²) in [7, 11) is 1.62. The Kier molecular flexibility index (Phi) is 3.89. The number of rotatable bonds is 3. The number of ether oxygens (including phenoxy) is 1. The third kappa shape index (κ3) is 2.45. The summed E-state index contributed by atoms with van der Waals surface area (Å²) in [6.07, 6.45) is 0.828. The summed E-state index contributed by atoms with van der Waals surface area (Å²) in [5.41, 5.74) is 1.64. The topological polar surface area (TPSA) is 26.3 Å². The summed E-state index contributed by atoms with van der Waals surface area (Å²) in [6, 6.07) is 7.51. The second kappa shape index (κ2) is 4.96. The fourth-order valence-corrected chi connectivity index (χ4v) is 1.37. The molecular weight excluding hydrogens is 244 g/mol. The number of hydrogen-bond acceptors (Lipinski definition) is 2. The highest BCUT2D eigenvalue weighted by Gasteiger charge is 2.01. The quantitative estimate of drug-likeness (QED) is 0.613. The number of carbonyl (C=O) groups is 1. The minimum atomic E-state index is 0.676. The van der Waals surface area contributed by atoms with E-state index in [1.807, 2.05) is 24.3 Å². The van der Waals surface area contributed by atoms with Crippen LogP contribution >= 0.6 is 15.9 Å². The van der Waals surface area contributed by atoms with Gasteiger partial charge >= 0.3 is 0 Å². The van der Waals surface area contributed by atoms with Crippen molar-refractivity contribution in [2.24, 2.45) is 0 Å². The summed E-state index contributed by atoms with van der Waals surface area (Å²) in [5.74, 6) is 0.804. The van der Waals surface area contributed by atoms with Crippen LogP contribution in [-0.2, 0) is 4.79 Å². The predicted molar refractivity (Wildman–Crippen MR) is 60.6 cm³/mol. The average molecular weight is 255 g/mol. The molecule has 2 nitrogen and oxygen atoms in total. The Hall–Kier alpha value is -1.09. The number of benzene rings is 1. The van der Waals surface area contributed by atoms with Gasteiger partial charge < -0.3 is 4.74 Å². The Morgan fingerprint density at radius 2 is 1.93 bits per heavy atom. The van der Waals surface area contributed by atoms with Crippen molar-refractivity contribution in [2.45, 2.75) is 6.92 Å². The molecule has 1 aromatic rings.